The maximum Gasteiger partial charge on any atom is 0.255 e. The topological polar surface area (TPSA) is 95.6 Å². The zero-order chi connectivity index (χ0) is 22.3. The summed E-state index contributed by atoms with van der Waals surface area (Å²) in [5.74, 6) is -0.659. The summed E-state index contributed by atoms with van der Waals surface area (Å²) in [6.07, 6.45) is 0.828. The van der Waals surface area contributed by atoms with Crippen molar-refractivity contribution in [3.05, 3.63) is 59.2 Å². The predicted octanol–water partition coefficient (Wildman–Crippen LogP) is 3.42. The highest BCUT2D eigenvalue weighted by atomic mass is 32.2. The molecule has 2 amide bonds. The van der Waals surface area contributed by atoms with Crippen LogP contribution >= 0.6 is 0 Å². The quantitative estimate of drug-likeness (QED) is 0.636. The Morgan fingerprint density at radius 1 is 0.933 bits per heavy atom. The van der Waals surface area contributed by atoms with Crippen LogP contribution in [-0.4, -0.2) is 44.2 Å². The minimum atomic E-state index is -3.69. The molecule has 0 aromatic heterocycles. The first-order chi connectivity index (χ1) is 14.2. The molecule has 0 unspecified atom stereocenters. The first-order valence-corrected chi connectivity index (χ1v) is 11.5. The number of carbonyl (C=O) groups is 2. The van der Waals surface area contributed by atoms with Gasteiger partial charge in [-0.1, -0.05) is 32.9 Å². The van der Waals surface area contributed by atoms with Crippen LogP contribution in [-0.2, 0) is 10.0 Å². The lowest BCUT2D eigenvalue weighted by Crippen LogP contribution is -2.31. The standard InChI is InChI=1S/C22H29N3O4S/c1-5-13-23-21(26)17-9-8-10-19(14-17)24-22(27)18-12-11-16(4)20(15-18)30(28,29)25(6-2)7-3/h8-12,14-15H,5-7,13H2,1-4H3,(H,23,26)(H,24,27). The van der Waals surface area contributed by atoms with E-state index < -0.39 is 15.9 Å². The van der Waals surface area contributed by atoms with Crippen molar-refractivity contribution in [3.8, 4) is 0 Å². The fourth-order valence-electron chi connectivity index (χ4n) is 3.00. The van der Waals surface area contributed by atoms with Gasteiger partial charge in [0.15, 0.2) is 0 Å². The molecule has 0 fully saturated rings. The lowest BCUT2D eigenvalue weighted by Gasteiger charge is -2.20. The maximum atomic E-state index is 12.9. The summed E-state index contributed by atoms with van der Waals surface area (Å²) in [5.41, 5.74) is 1.70. The molecule has 2 aromatic rings. The average molecular weight is 432 g/mol. The zero-order valence-corrected chi connectivity index (χ0v) is 18.7. The lowest BCUT2D eigenvalue weighted by molar-refractivity contribution is 0.0952. The normalized spacial score (nSPS) is 11.4. The third-order valence-electron chi connectivity index (χ3n) is 4.69. The summed E-state index contributed by atoms with van der Waals surface area (Å²) < 4.78 is 27.2. The predicted molar refractivity (Wildman–Crippen MR) is 118 cm³/mol. The van der Waals surface area contributed by atoms with Gasteiger partial charge in [0.1, 0.15) is 0 Å². The van der Waals surface area contributed by atoms with Gasteiger partial charge < -0.3 is 10.6 Å². The Bertz CT molecular complexity index is 1010. The molecule has 0 saturated heterocycles. The molecule has 0 aliphatic heterocycles. The first-order valence-electron chi connectivity index (χ1n) is 10.0. The number of hydrogen-bond donors (Lipinski definition) is 2. The second kappa shape index (κ2) is 10.4. The molecule has 0 saturated carbocycles. The van der Waals surface area contributed by atoms with E-state index in [1.165, 1.54) is 10.4 Å². The summed E-state index contributed by atoms with van der Waals surface area (Å²) in [6.45, 7) is 8.49. The number of aryl methyl sites for hydroxylation is 1. The number of amides is 2. The third kappa shape index (κ3) is 5.46. The zero-order valence-electron chi connectivity index (χ0n) is 17.9. The van der Waals surface area contributed by atoms with Crippen molar-refractivity contribution in [2.24, 2.45) is 0 Å². The number of nitrogens with zero attached hydrogens (tertiary/aromatic N) is 1. The van der Waals surface area contributed by atoms with E-state index in [-0.39, 0.29) is 16.4 Å². The van der Waals surface area contributed by atoms with Crippen LogP contribution in [0.3, 0.4) is 0 Å². The SMILES string of the molecule is CCCNC(=O)c1cccc(NC(=O)c2ccc(C)c(S(=O)(=O)N(CC)CC)c2)c1. The Balaban J connectivity index is 2.28. The van der Waals surface area contributed by atoms with Gasteiger partial charge in [-0.2, -0.15) is 4.31 Å². The molecular formula is C22H29N3O4S. The summed E-state index contributed by atoms with van der Waals surface area (Å²) in [6, 6.07) is 11.2. The van der Waals surface area contributed by atoms with E-state index in [1.54, 1.807) is 57.2 Å². The number of carbonyl (C=O) groups excluding carboxylic acids is 2. The molecule has 162 valence electrons. The molecular weight excluding hydrogens is 402 g/mol. The van der Waals surface area contributed by atoms with Crippen LogP contribution in [0.25, 0.3) is 0 Å². The van der Waals surface area contributed by atoms with Crippen molar-refractivity contribution in [2.75, 3.05) is 25.0 Å². The highest BCUT2D eigenvalue weighted by Gasteiger charge is 2.24. The highest BCUT2D eigenvalue weighted by molar-refractivity contribution is 7.89. The largest absolute Gasteiger partial charge is 0.352 e. The Morgan fingerprint density at radius 3 is 2.23 bits per heavy atom. The average Bonchev–Trinajstić information content (AvgIpc) is 2.73. The number of hydrogen-bond acceptors (Lipinski definition) is 4. The molecule has 0 heterocycles. The van der Waals surface area contributed by atoms with Gasteiger partial charge in [-0.3, -0.25) is 9.59 Å². The van der Waals surface area contributed by atoms with Crippen LogP contribution in [0.1, 0.15) is 53.5 Å². The highest BCUT2D eigenvalue weighted by Crippen LogP contribution is 2.22. The van der Waals surface area contributed by atoms with Crippen molar-refractivity contribution in [2.45, 2.75) is 39.0 Å². The summed E-state index contributed by atoms with van der Waals surface area (Å²) in [4.78, 5) is 25.0. The van der Waals surface area contributed by atoms with E-state index in [2.05, 4.69) is 10.6 Å². The fraction of sp³-hybridized carbons (Fsp3) is 0.364. The number of sulfonamides is 1. The Hall–Kier alpha value is -2.71. The van der Waals surface area contributed by atoms with E-state index in [1.807, 2.05) is 6.92 Å². The first kappa shape index (κ1) is 23.6. The lowest BCUT2D eigenvalue weighted by atomic mass is 10.1. The molecule has 8 heteroatoms. The van der Waals surface area contributed by atoms with E-state index in [0.717, 1.165) is 6.42 Å². The molecule has 2 aromatic carbocycles. The number of nitrogens with one attached hydrogen (secondary N) is 2. The van der Waals surface area contributed by atoms with Crippen LogP contribution in [0, 0.1) is 6.92 Å². The van der Waals surface area contributed by atoms with E-state index in [9.17, 15) is 18.0 Å². The molecule has 0 atom stereocenters. The Morgan fingerprint density at radius 2 is 1.60 bits per heavy atom. The number of anilines is 1. The minimum absolute atomic E-state index is 0.117. The molecule has 2 N–H and O–H groups in total. The summed E-state index contributed by atoms with van der Waals surface area (Å²) >= 11 is 0. The molecule has 0 spiro atoms. The number of benzene rings is 2. The van der Waals surface area contributed by atoms with Gasteiger partial charge in [0.05, 0.1) is 4.90 Å². The second-order valence-corrected chi connectivity index (χ2v) is 8.77. The van der Waals surface area contributed by atoms with Gasteiger partial charge >= 0.3 is 0 Å². The van der Waals surface area contributed by atoms with Crippen molar-refractivity contribution in [3.63, 3.8) is 0 Å². The van der Waals surface area contributed by atoms with E-state index >= 15 is 0 Å². The van der Waals surface area contributed by atoms with Gasteiger partial charge in [0.25, 0.3) is 11.8 Å². The maximum absolute atomic E-state index is 12.9. The molecule has 0 aliphatic rings. The molecule has 0 radical (unpaired) electrons. The van der Waals surface area contributed by atoms with Gasteiger partial charge in [0.2, 0.25) is 10.0 Å². The van der Waals surface area contributed by atoms with Crippen LogP contribution in [0.2, 0.25) is 0 Å². The third-order valence-corrected chi connectivity index (χ3v) is 6.88. The van der Waals surface area contributed by atoms with E-state index in [0.29, 0.717) is 36.4 Å². The van der Waals surface area contributed by atoms with Crippen molar-refractivity contribution in [1.82, 2.24) is 9.62 Å². The van der Waals surface area contributed by atoms with Crippen molar-refractivity contribution >= 4 is 27.5 Å². The van der Waals surface area contributed by atoms with Crippen molar-refractivity contribution < 1.29 is 18.0 Å². The van der Waals surface area contributed by atoms with Crippen molar-refractivity contribution in [1.29, 1.82) is 0 Å². The van der Waals surface area contributed by atoms with Crippen LogP contribution < -0.4 is 10.6 Å². The molecule has 30 heavy (non-hydrogen) atoms. The summed E-state index contributed by atoms with van der Waals surface area (Å²) in [7, 11) is -3.69. The molecule has 7 nitrogen and oxygen atoms in total. The fourth-order valence-corrected chi connectivity index (χ4v) is 4.71. The Labute approximate surface area is 178 Å². The second-order valence-electron chi connectivity index (χ2n) is 6.86. The van der Waals surface area contributed by atoms with Crippen LogP contribution in [0.5, 0.6) is 0 Å². The summed E-state index contributed by atoms with van der Waals surface area (Å²) in [5, 5.41) is 5.53. The smallest absolute Gasteiger partial charge is 0.255 e. The van der Waals surface area contributed by atoms with Gasteiger partial charge in [-0.05, 0) is 49.2 Å². The van der Waals surface area contributed by atoms with Gasteiger partial charge in [0, 0.05) is 36.4 Å². The van der Waals surface area contributed by atoms with Gasteiger partial charge in [-0.15, -0.1) is 0 Å². The van der Waals surface area contributed by atoms with Crippen LogP contribution in [0.15, 0.2) is 47.4 Å². The van der Waals surface area contributed by atoms with Gasteiger partial charge in [-0.25, -0.2) is 8.42 Å². The minimum Gasteiger partial charge on any atom is -0.352 e. The number of rotatable bonds is 9. The molecule has 0 aliphatic carbocycles. The molecule has 0 bridgehead atoms. The molecule has 2 rings (SSSR count). The van der Waals surface area contributed by atoms with Crippen LogP contribution in [0.4, 0.5) is 5.69 Å². The monoisotopic (exact) mass is 431 g/mol. The Kier molecular flexibility index (Phi) is 8.14. The van der Waals surface area contributed by atoms with E-state index in [4.69, 9.17) is 0 Å².